The second kappa shape index (κ2) is 11.7. The Kier molecular flexibility index (Phi) is 8.26. The molecule has 0 spiro atoms. The van der Waals surface area contributed by atoms with Gasteiger partial charge in [-0.15, -0.1) is 5.10 Å². The van der Waals surface area contributed by atoms with Gasteiger partial charge in [0.15, 0.2) is 5.16 Å². The van der Waals surface area contributed by atoms with E-state index in [9.17, 15) is 10.1 Å². The predicted octanol–water partition coefficient (Wildman–Crippen LogP) is 3.72. The molecule has 1 fully saturated rings. The second-order valence-electron chi connectivity index (χ2n) is 8.59. The van der Waals surface area contributed by atoms with Gasteiger partial charge in [0.1, 0.15) is 11.6 Å². The summed E-state index contributed by atoms with van der Waals surface area (Å²) in [4.78, 5) is 12.4. The number of allylic oxidation sites excluding steroid dienone is 2. The summed E-state index contributed by atoms with van der Waals surface area (Å²) in [5, 5.41) is 24.9. The van der Waals surface area contributed by atoms with Crippen molar-refractivity contribution in [3.8, 4) is 12.1 Å². The van der Waals surface area contributed by atoms with E-state index >= 15 is 0 Å². The minimum atomic E-state index is 0.0144. The topological polar surface area (TPSA) is 105 Å². The van der Waals surface area contributed by atoms with Crippen LogP contribution in [0.3, 0.4) is 0 Å². The first kappa shape index (κ1) is 23.9. The van der Waals surface area contributed by atoms with E-state index in [1.807, 2.05) is 35.8 Å². The molecule has 2 aromatic rings. The average Bonchev–Trinajstić information content (AvgIpc) is 3.49. The van der Waals surface area contributed by atoms with Crippen LogP contribution >= 0.6 is 11.8 Å². The molecule has 34 heavy (non-hydrogen) atoms. The molecule has 1 aliphatic carbocycles. The van der Waals surface area contributed by atoms with E-state index in [1.54, 1.807) is 6.08 Å². The van der Waals surface area contributed by atoms with Crippen molar-refractivity contribution in [3.63, 3.8) is 0 Å². The molecule has 1 aromatic heterocycles. The molecule has 1 amide bonds. The Balaban J connectivity index is 1.46. The van der Waals surface area contributed by atoms with Crippen LogP contribution in [-0.4, -0.2) is 38.5 Å². The fraction of sp³-hybridized carbons (Fsp3) is 0.440. The van der Waals surface area contributed by atoms with Crippen molar-refractivity contribution >= 4 is 17.7 Å². The summed E-state index contributed by atoms with van der Waals surface area (Å²) in [6, 6.07) is 13.1. The van der Waals surface area contributed by atoms with Gasteiger partial charge in [0.2, 0.25) is 11.8 Å². The van der Waals surface area contributed by atoms with E-state index in [2.05, 4.69) is 39.0 Å². The Labute approximate surface area is 204 Å². The van der Waals surface area contributed by atoms with Crippen molar-refractivity contribution < 1.29 is 9.53 Å². The number of nitrogens with one attached hydrogen (secondary N) is 2. The van der Waals surface area contributed by atoms with Crippen molar-refractivity contribution in [2.45, 2.75) is 69.2 Å². The summed E-state index contributed by atoms with van der Waals surface area (Å²) < 4.78 is 7.92. The predicted molar refractivity (Wildman–Crippen MR) is 131 cm³/mol. The smallest absolute Gasteiger partial charge is 0.324 e. The molecule has 0 saturated heterocycles. The Morgan fingerprint density at radius 1 is 1.29 bits per heavy atom. The zero-order chi connectivity index (χ0) is 23.8. The minimum Gasteiger partial charge on any atom is -0.406 e. The molecule has 8 nitrogen and oxygen atoms in total. The van der Waals surface area contributed by atoms with Gasteiger partial charge in [0.05, 0.1) is 5.75 Å². The SMILES string of the molecule is CC1C=CC(C#N)=C(Oc2nnc(SCC(=O)NC3CCCC3)n2CCCc2ccccc2)N1. The summed E-state index contributed by atoms with van der Waals surface area (Å²) in [6.07, 6.45) is 9.87. The maximum Gasteiger partial charge on any atom is 0.324 e. The number of carbonyl (C=O) groups excluding carboxylic acids is 1. The van der Waals surface area contributed by atoms with Crippen molar-refractivity contribution in [1.29, 1.82) is 5.26 Å². The van der Waals surface area contributed by atoms with Gasteiger partial charge in [-0.1, -0.05) is 66.1 Å². The van der Waals surface area contributed by atoms with E-state index in [0.29, 0.717) is 35.2 Å². The van der Waals surface area contributed by atoms with Gasteiger partial charge in [0, 0.05) is 18.6 Å². The summed E-state index contributed by atoms with van der Waals surface area (Å²) in [5.74, 6) is 0.655. The van der Waals surface area contributed by atoms with Crippen LogP contribution in [0, 0.1) is 11.3 Å². The van der Waals surface area contributed by atoms with Crippen LogP contribution in [0.4, 0.5) is 0 Å². The molecule has 0 bridgehead atoms. The number of rotatable bonds is 10. The molecule has 1 aliphatic heterocycles. The molecule has 2 aliphatic rings. The highest BCUT2D eigenvalue weighted by atomic mass is 32.2. The first-order valence-electron chi connectivity index (χ1n) is 11.8. The lowest BCUT2D eigenvalue weighted by atomic mass is 10.1. The maximum absolute atomic E-state index is 12.4. The molecule has 1 unspecified atom stereocenters. The normalized spacial score (nSPS) is 17.9. The van der Waals surface area contributed by atoms with Crippen LogP contribution in [0.15, 0.2) is 59.1 Å². The zero-order valence-corrected chi connectivity index (χ0v) is 20.2. The lowest BCUT2D eigenvalue weighted by molar-refractivity contribution is -0.119. The van der Waals surface area contributed by atoms with E-state index in [4.69, 9.17) is 4.74 Å². The molecule has 9 heteroatoms. The zero-order valence-electron chi connectivity index (χ0n) is 19.4. The summed E-state index contributed by atoms with van der Waals surface area (Å²) in [5.41, 5.74) is 1.66. The van der Waals surface area contributed by atoms with Gasteiger partial charge in [-0.3, -0.25) is 9.36 Å². The second-order valence-corrected chi connectivity index (χ2v) is 9.53. The first-order chi connectivity index (χ1) is 16.6. The molecule has 2 N–H and O–H groups in total. The van der Waals surface area contributed by atoms with Crippen molar-refractivity contribution in [3.05, 3.63) is 59.5 Å². The van der Waals surface area contributed by atoms with Gasteiger partial charge in [-0.2, -0.15) is 5.26 Å². The highest BCUT2D eigenvalue weighted by molar-refractivity contribution is 7.99. The number of ether oxygens (including phenoxy) is 1. The van der Waals surface area contributed by atoms with Crippen LogP contribution in [0.2, 0.25) is 0 Å². The fourth-order valence-electron chi connectivity index (χ4n) is 4.12. The van der Waals surface area contributed by atoms with E-state index in [1.165, 1.54) is 30.2 Å². The van der Waals surface area contributed by atoms with Gasteiger partial charge < -0.3 is 15.4 Å². The van der Waals surface area contributed by atoms with Crippen LogP contribution in [0.25, 0.3) is 0 Å². The lowest BCUT2D eigenvalue weighted by Crippen LogP contribution is -2.33. The quantitative estimate of drug-likeness (QED) is 0.502. The molecule has 1 aromatic carbocycles. The molecule has 4 rings (SSSR count). The highest BCUT2D eigenvalue weighted by Gasteiger charge is 2.22. The third-order valence-electron chi connectivity index (χ3n) is 5.89. The first-order valence-corrected chi connectivity index (χ1v) is 12.8. The summed E-state index contributed by atoms with van der Waals surface area (Å²) in [6.45, 7) is 2.60. The Bertz CT molecular complexity index is 1080. The molecular formula is C25H30N6O2S. The van der Waals surface area contributed by atoms with Crippen molar-refractivity contribution in [2.75, 3.05) is 5.75 Å². The maximum atomic E-state index is 12.4. The van der Waals surface area contributed by atoms with E-state index in [0.717, 1.165) is 25.7 Å². The van der Waals surface area contributed by atoms with Crippen LogP contribution in [-0.2, 0) is 17.8 Å². The third kappa shape index (κ3) is 6.41. The van der Waals surface area contributed by atoms with Crippen LogP contribution < -0.4 is 15.4 Å². The number of aromatic nitrogens is 3. The molecule has 1 atom stereocenters. The number of aryl methyl sites for hydroxylation is 1. The lowest BCUT2D eigenvalue weighted by Gasteiger charge is -2.20. The minimum absolute atomic E-state index is 0.0144. The van der Waals surface area contributed by atoms with Crippen molar-refractivity contribution in [1.82, 2.24) is 25.4 Å². The Morgan fingerprint density at radius 2 is 2.09 bits per heavy atom. The molecule has 2 heterocycles. The fourth-order valence-corrected chi connectivity index (χ4v) is 4.88. The highest BCUT2D eigenvalue weighted by Crippen LogP contribution is 2.25. The molecule has 0 radical (unpaired) electrons. The Hall–Kier alpha value is -3.25. The molecular weight excluding hydrogens is 448 g/mol. The number of hydrogen-bond acceptors (Lipinski definition) is 7. The monoisotopic (exact) mass is 478 g/mol. The summed E-state index contributed by atoms with van der Waals surface area (Å²) >= 11 is 1.36. The van der Waals surface area contributed by atoms with Gasteiger partial charge in [-0.25, -0.2) is 0 Å². The van der Waals surface area contributed by atoms with Crippen LogP contribution in [0.1, 0.15) is 44.6 Å². The number of nitriles is 1. The molecule has 1 saturated carbocycles. The van der Waals surface area contributed by atoms with Gasteiger partial charge in [0.25, 0.3) is 0 Å². The molecule has 178 valence electrons. The number of carbonyl (C=O) groups is 1. The number of nitrogens with zero attached hydrogens (tertiary/aromatic N) is 4. The number of thioether (sulfide) groups is 1. The van der Waals surface area contributed by atoms with Crippen molar-refractivity contribution in [2.24, 2.45) is 0 Å². The number of amides is 1. The number of hydrogen-bond donors (Lipinski definition) is 2. The third-order valence-corrected chi connectivity index (χ3v) is 6.86. The van der Waals surface area contributed by atoms with E-state index < -0.39 is 0 Å². The number of benzene rings is 1. The Morgan fingerprint density at radius 3 is 2.85 bits per heavy atom. The van der Waals surface area contributed by atoms with Gasteiger partial charge >= 0.3 is 6.01 Å². The van der Waals surface area contributed by atoms with Crippen LogP contribution in [0.5, 0.6) is 6.01 Å². The largest absolute Gasteiger partial charge is 0.406 e. The average molecular weight is 479 g/mol. The summed E-state index contributed by atoms with van der Waals surface area (Å²) in [7, 11) is 0. The number of dihydropyridines is 1. The van der Waals surface area contributed by atoms with Gasteiger partial charge in [-0.05, 0) is 44.2 Å². The standard InChI is InChI=1S/C25H30N6O2S/c1-18-13-14-20(16-26)23(27-18)33-24-29-30-25(34-17-22(32)28-21-11-5-6-12-21)31(24)15-7-10-19-8-3-2-4-9-19/h2-4,8-9,13-14,18,21,27H,5-7,10-12,15,17H2,1H3,(H,28,32). The van der Waals surface area contributed by atoms with E-state index in [-0.39, 0.29) is 17.7 Å².